The lowest BCUT2D eigenvalue weighted by Crippen LogP contribution is -2.06. The van der Waals surface area contributed by atoms with Crippen molar-refractivity contribution in [2.75, 3.05) is 13.6 Å². The van der Waals surface area contributed by atoms with E-state index in [0.29, 0.717) is 0 Å². The van der Waals surface area contributed by atoms with Crippen molar-refractivity contribution in [1.29, 1.82) is 0 Å². The number of nitrogens with one attached hydrogen (secondary N) is 2. The van der Waals surface area contributed by atoms with Crippen molar-refractivity contribution in [3.8, 4) is 0 Å². The Kier molecular flexibility index (Phi) is 15.9. The number of unbranched alkanes of at least 4 members (excludes halogenated alkanes) is 3. The number of fused-ring (bicyclic) bond motifs is 1. The molecule has 0 fully saturated rings. The van der Waals surface area contributed by atoms with E-state index in [9.17, 15) is 0 Å². The molecule has 152 valence electrons. The third kappa shape index (κ3) is 11.2. The van der Waals surface area contributed by atoms with Crippen LogP contribution in [0.1, 0.15) is 70.9 Å². The third-order valence-electron chi connectivity index (χ3n) is 4.05. The van der Waals surface area contributed by atoms with Crippen LogP contribution in [0.15, 0.2) is 34.6 Å². The summed E-state index contributed by atoms with van der Waals surface area (Å²) in [4.78, 5) is 3.19. The lowest BCUT2D eigenvalue weighted by molar-refractivity contribution is 0.667. The predicted octanol–water partition coefficient (Wildman–Crippen LogP) is 5.25. The number of aromatic amines is 1. The highest BCUT2D eigenvalue weighted by Crippen LogP contribution is 2.18. The van der Waals surface area contributed by atoms with Crippen LogP contribution in [0.4, 0.5) is 0 Å². The maximum Gasteiger partial charge on any atom is 0.108 e. The van der Waals surface area contributed by atoms with E-state index >= 15 is 0 Å². The molecule has 0 unspecified atom stereocenters. The lowest BCUT2D eigenvalue weighted by atomic mass is 10.1. The lowest BCUT2D eigenvalue weighted by Gasteiger charge is -1.96. The molecule has 1 aromatic carbocycles. The van der Waals surface area contributed by atoms with E-state index < -0.39 is 0 Å². The molecule has 0 spiro atoms. The smallest absolute Gasteiger partial charge is 0.108 e. The van der Waals surface area contributed by atoms with Crippen molar-refractivity contribution >= 4 is 23.5 Å². The summed E-state index contributed by atoms with van der Waals surface area (Å²) in [6, 6.07) is 6.37. The Balaban J connectivity index is 0.000000514. The molecule has 2 rings (SSSR count). The SMILES string of the molecule is CCCC.CCCCCNC.CCc1ccc2[nH]cc(/C=N/N=C\N)c2c1. The van der Waals surface area contributed by atoms with Gasteiger partial charge in [0.1, 0.15) is 6.34 Å². The van der Waals surface area contributed by atoms with Gasteiger partial charge in [-0.25, -0.2) is 0 Å². The van der Waals surface area contributed by atoms with Crippen LogP contribution in [-0.2, 0) is 6.42 Å². The number of rotatable bonds is 8. The molecule has 1 heterocycles. The fraction of sp³-hybridized carbons (Fsp3) is 0.545. The number of benzene rings is 1. The van der Waals surface area contributed by atoms with Crippen LogP contribution < -0.4 is 11.1 Å². The summed E-state index contributed by atoms with van der Waals surface area (Å²) in [6.45, 7) is 9.89. The molecule has 5 heteroatoms. The average molecular weight is 374 g/mol. The highest BCUT2D eigenvalue weighted by atomic mass is 15.2. The summed E-state index contributed by atoms with van der Waals surface area (Å²) >= 11 is 0. The minimum absolute atomic E-state index is 1.02. The zero-order valence-electron chi connectivity index (χ0n) is 17.9. The van der Waals surface area contributed by atoms with Gasteiger partial charge in [-0.3, -0.25) is 0 Å². The van der Waals surface area contributed by atoms with Gasteiger partial charge in [0.2, 0.25) is 0 Å². The van der Waals surface area contributed by atoms with Crippen LogP contribution in [0, 0.1) is 0 Å². The summed E-state index contributed by atoms with van der Waals surface area (Å²) in [5, 5.41) is 11.7. The van der Waals surface area contributed by atoms with Gasteiger partial charge in [-0.05, 0) is 44.1 Å². The van der Waals surface area contributed by atoms with E-state index in [4.69, 9.17) is 5.73 Å². The Labute approximate surface area is 165 Å². The Morgan fingerprint density at radius 1 is 1.04 bits per heavy atom. The summed E-state index contributed by atoms with van der Waals surface area (Å²) in [7, 11) is 2.00. The maximum atomic E-state index is 5.11. The average Bonchev–Trinajstić information content (AvgIpc) is 3.11. The number of nitrogens with two attached hydrogens (primary N) is 1. The second-order valence-corrected chi connectivity index (χ2v) is 6.30. The molecule has 5 nitrogen and oxygen atoms in total. The van der Waals surface area contributed by atoms with E-state index in [1.807, 2.05) is 13.2 Å². The summed E-state index contributed by atoms with van der Waals surface area (Å²) < 4.78 is 0. The molecule has 0 aliphatic rings. The van der Waals surface area contributed by atoms with Gasteiger partial charge < -0.3 is 16.0 Å². The minimum atomic E-state index is 1.02. The molecule has 0 amide bonds. The summed E-state index contributed by atoms with van der Waals surface area (Å²) in [6.07, 6.45) is 12.5. The minimum Gasteiger partial charge on any atom is -0.388 e. The van der Waals surface area contributed by atoms with Crippen LogP contribution >= 0.6 is 0 Å². The van der Waals surface area contributed by atoms with Crippen LogP contribution in [0.5, 0.6) is 0 Å². The van der Waals surface area contributed by atoms with E-state index in [0.717, 1.165) is 22.9 Å². The molecular weight excluding hydrogens is 334 g/mol. The van der Waals surface area contributed by atoms with Crippen molar-refractivity contribution in [2.24, 2.45) is 15.9 Å². The first-order valence-electron chi connectivity index (χ1n) is 10.2. The predicted molar refractivity (Wildman–Crippen MR) is 122 cm³/mol. The largest absolute Gasteiger partial charge is 0.388 e. The highest BCUT2D eigenvalue weighted by Gasteiger charge is 2.01. The fourth-order valence-electron chi connectivity index (χ4n) is 2.20. The van der Waals surface area contributed by atoms with Crippen LogP contribution in [0.2, 0.25) is 0 Å². The number of H-pyrrole nitrogens is 1. The molecule has 0 aliphatic carbocycles. The first kappa shape index (κ1) is 24.9. The second-order valence-electron chi connectivity index (χ2n) is 6.30. The van der Waals surface area contributed by atoms with E-state index in [-0.39, 0.29) is 0 Å². The second kappa shape index (κ2) is 17.3. The summed E-state index contributed by atoms with van der Waals surface area (Å²) in [5.41, 5.74) is 8.55. The summed E-state index contributed by atoms with van der Waals surface area (Å²) in [5.74, 6) is 0. The molecule has 1 aromatic heterocycles. The van der Waals surface area contributed by atoms with E-state index in [1.54, 1.807) is 6.21 Å². The van der Waals surface area contributed by atoms with Gasteiger partial charge in [0.05, 0.1) is 6.21 Å². The Morgan fingerprint density at radius 2 is 1.78 bits per heavy atom. The third-order valence-corrected chi connectivity index (χ3v) is 4.05. The molecule has 0 radical (unpaired) electrons. The van der Waals surface area contributed by atoms with E-state index in [2.05, 4.69) is 66.4 Å². The number of nitrogens with zero attached hydrogens (tertiary/aromatic N) is 2. The molecule has 0 bridgehead atoms. The highest BCUT2D eigenvalue weighted by molar-refractivity contribution is 5.99. The van der Waals surface area contributed by atoms with Crippen molar-refractivity contribution in [1.82, 2.24) is 10.3 Å². The molecule has 0 atom stereocenters. The normalized spacial score (nSPS) is 10.7. The quantitative estimate of drug-likeness (QED) is 0.256. The number of aromatic nitrogens is 1. The van der Waals surface area contributed by atoms with Gasteiger partial charge in [-0.1, -0.05) is 59.4 Å². The first-order chi connectivity index (χ1) is 13.2. The number of hydrogen-bond acceptors (Lipinski definition) is 3. The molecule has 0 saturated carbocycles. The molecule has 4 N–H and O–H groups in total. The van der Waals surface area contributed by atoms with Gasteiger partial charge in [0.25, 0.3) is 0 Å². The maximum absolute atomic E-state index is 5.11. The Morgan fingerprint density at radius 3 is 2.33 bits per heavy atom. The van der Waals surface area contributed by atoms with Crippen LogP contribution in [0.3, 0.4) is 0 Å². The van der Waals surface area contributed by atoms with Crippen molar-refractivity contribution in [2.45, 2.75) is 66.2 Å². The number of hydrogen-bond donors (Lipinski definition) is 3. The molecule has 27 heavy (non-hydrogen) atoms. The van der Waals surface area contributed by atoms with Gasteiger partial charge >= 0.3 is 0 Å². The molecular formula is C22H39N5. The van der Waals surface area contributed by atoms with Crippen molar-refractivity contribution in [3.05, 3.63) is 35.5 Å². The first-order valence-corrected chi connectivity index (χ1v) is 10.2. The van der Waals surface area contributed by atoms with Gasteiger partial charge in [-0.15, -0.1) is 5.10 Å². The number of aryl methyl sites for hydroxylation is 1. The monoisotopic (exact) mass is 373 g/mol. The molecule has 0 aliphatic heterocycles. The van der Waals surface area contributed by atoms with E-state index in [1.165, 1.54) is 50.6 Å². The molecule has 0 saturated heterocycles. The van der Waals surface area contributed by atoms with Gasteiger partial charge in [-0.2, -0.15) is 5.10 Å². The van der Waals surface area contributed by atoms with Gasteiger partial charge in [0.15, 0.2) is 0 Å². The Bertz CT molecular complexity index is 637. The van der Waals surface area contributed by atoms with Crippen LogP contribution in [-0.4, -0.2) is 31.1 Å². The zero-order chi connectivity index (χ0) is 20.3. The van der Waals surface area contributed by atoms with Crippen molar-refractivity contribution in [3.63, 3.8) is 0 Å². The standard InChI is InChI=1S/C12H14N4.C6H15N.C4H10/c1-2-9-3-4-12-11(5-9)10(6-14-12)7-15-16-8-13;1-3-4-5-6-7-2;1-3-4-2/h3-8,14H,2H2,1H3,(H2,13,16);7H,3-6H2,1-2H3;3-4H2,1-2H3/b15-7+;;. The van der Waals surface area contributed by atoms with Crippen LogP contribution in [0.25, 0.3) is 10.9 Å². The molecule has 2 aromatic rings. The van der Waals surface area contributed by atoms with Crippen molar-refractivity contribution < 1.29 is 0 Å². The zero-order valence-corrected chi connectivity index (χ0v) is 17.9. The Hall–Kier alpha value is -2.14. The fourth-order valence-corrected chi connectivity index (χ4v) is 2.20. The van der Waals surface area contributed by atoms with Gasteiger partial charge in [0, 0.05) is 22.7 Å². The topological polar surface area (TPSA) is 78.6 Å².